The van der Waals surface area contributed by atoms with Crippen molar-refractivity contribution >= 4 is 11.9 Å². The van der Waals surface area contributed by atoms with Crippen molar-refractivity contribution in [2.75, 3.05) is 13.1 Å². The number of nitrogens with zero attached hydrogens (tertiary/aromatic N) is 2. The topological polar surface area (TPSA) is 70.5 Å². The fourth-order valence-electron chi connectivity index (χ4n) is 1.79. The maximum absolute atomic E-state index is 13.8. The van der Waals surface area contributed by atoms with Gasteiger partial charge in [-0.05, 0) is 12.1 Å². The van der Waals surface area contributed by atoms with E-state index in [2.05, 4.69) is 4.98 Å². The maximum Gasteiger partial charge on any atom is 0.343 e. The van der Waals surface area contributed by atoms with E-state index in [1.165, 1.54) is 6.07 Å². The van der Waals surface area contributed by atoms with Crippen LogP contribution in [0.25, 0.3) is 0 Å². The molecule has 0 saturated carbocycles. The van der Waals surface area contributed by atoms with Crippen LogP contribution >= 0.6 is 0 Å². The molecule has 1 amide bonds. The van der Waals surface area contributed by atoms with Gasteiger partial charge in [-0.15, -0.1) is 0 Å². The normalized spacial score (nSPS) is 23.1. The molecule has 1 fully saturated rings. The van der Waals surface area contributed by atoms with E-state index in [9.17, 15) is 18.4 Å². The van der Waals surface area contributed by atoms with Crippen LogP contribution in [0.4, 0.5) is 8.78 Å². The van der Waals surface area contributed by atoms with Crippen molar-refractivity contribution in [1.29, 1.82) is 0 Å². The molecular weight excluding hydrogens is 246 g/mol. The smallest absolute Gasteiger partial charge is 0.343 e. The second kappa shape index (κ2) is 4.32. The number of hydrogen-bond acceptors (Lipinski definition) is 3. The van der Waals surface area contributed by atoms with Gasteiger partial charge in [0.2, 0.25) is 5.67 Å². The molecule has 0 spiro atoms. The van der Waals surface area contributed by atoms with Gasteiger partial charge in [-0.25, -0.2) is 18.6 Å². The Morgan fingerprint density at radius 1 is 1.44 bits per heavy atom. The highest BCUT2D eigenvalue weighted by atomic mass is 19.1. The van der Waals surface area contributed by atoms with E-state index in [-0.39, 0.29) is 18.7 Å². The third kappa shape index (κ3) is 2.15. The molecule has 0 radical (unpaired) electrons. The summed E-state index contributed by atoms with van der Waals surface area (Å²) in [6, 6.07) is 2.24. The highest BCUT2D eigenvalue weighted by Crippen LogP contribution is 2.26. The average molecular weight is 256 g/mol. The van der Waals surface area contributed by atoms with Crippen LogP contribution in [-0.4, -0.2) is 45.6 Å². The highest BCUT2D eigenvalue weighted by molar-refractivity contribution is 5.93. The number of likely N-dealkylation sites (tertiary alicyclic amines) is 1. The SMILES string of the molecule is O=C(c1ccc(F)cn1)N1CCC(F)(C(=O)O)C1. The molecule has 2 heterocycles. The van der Waals surface area contributed by atoms with Crippen molar-refractivity contribution in [1.82, 2.24) is 9.88 Å². The van der Waals surface area contributed by atoms with E-state index in [1.807, 2.05) is 0 Å². The minimum absolute atomic E-state index is 0.000684. The van der Waals surface area contributed by atoms with Crippen molar-refractivity contribution < 1.29 is 23.5 Å². The molecule has 1 aliphatic rings. The predicted molar refractivity (Wildman–Crippen MR) is 56.2 cm³/mol. The van der Waals surface area contributed by atoms with Gasteiger partial charge in [0, 0.05) is 13.0 Å². The lowest BCUT2D eigenvalue weighted by molar-refractivity contribution is -0.149. The number of carbonyl (C=O) groups excluding carboxylic acids is 1. The number of carboxylic acid groups (broad SMARTS) is 1. The van der Waals surface area contributed by atoms with Gasteiger partial charge in [-0.3, -0.25) is 4.79 Å². The molecule has 1 N–H and O–H groups in total. The Bertz CT molecular complexity index is 492. The quantitative estimate of drug-likeness (QED) is 0.852. The lowest BCUT2D eigenvalue weighted by Gasteiger charge is -2.17. The molecule has 1 aromatic heterocycles. The number of aromatic nitrogens is 1. The van der Waals surface area contributed by atoms with Gasteiger partial charge in [0.15, 0.2) is 0 Å². The highest BCUT2D eigenvalue weighted by Gasteiger charge is 2.47. The molecule has 1 aliphatic heterocycles. The minimum atomic E-state index is -2.41. The van der Waals surface area contributed by atoms with E-state index >= 15 is 0 Å². The van der Waals surface area contributed by atoms with Crippen LogP contribution in [0.15, 0.2) is 18.3 Å². The van der Waals surface area contributed by atoms with Crippen molar-refractivity contribution in [3.05, 3.63) is 29.8 Å². The lowest BCUT2D eigenvalue weighted by Crippen LogP contribution is -2.39. The number of aliphatic carboxylic acids is 1. The second-order valence-electron chi connectivity index (χ2n) is 4.11. The third-order valence-corrected chi connectivity index (χ3v) is 2.84. The summed E-state index contributed by atoms with van der Waals surface area (Å²) < 4.78 is 26.4. The Labute approximate surface area is 101 Å². The molecule has 5 nitrogen and oxygen atoms in total. The maximum atomic E-state index is 13.8. The Hall–Kier alpha value is -2.05. The molecule has 0 aromatic carbocycles. The predicted octanol–water partition coefficient (Wildman–Crippen LogP) is 0.860. The zero-order chi connectivity index (χ0) is 13.3. The number of pyridine rings is 1. The van der Waals surface area contributed by atoms with Crippen LogP contribution in [0.1, 0.15) is 16.9 Å². The number of alkyl halides is 1. The first-order valence-electron chi connectivity index (χ1n) is 5.25. The summed E-state index contributed by atoms with van der Waals surface area (Å²) in [6.07, 6.45) is 0.623. The molecule has 1 saturated heterocycles. The van der Waals surface area contributed by atoms with Crippen molar-refractivity contribution in [2.45, 2.75) is 12.1 Å². The molecule has 18 heavy (non-hydrogen) atoms. The summed E-state index contributed by atoms with van der Waals surface area (Å²) in [4.78, 5) is 27.2. The Kier molecular flexibility index (Phi) is 2.98. The summed E-state index contributed by atoms with van der Waals surface area (Å²) in [5.74, 6) is -2.76. The molecule has 2 rings (SSSR count). The Balaban J connectivity index is 2.12. The molecule has 0 bridgehead atoms. The lowest BCUT2D eigenvalue weighted by atomic mass is 10.1. The standard InChI is InChI=1S/C11H10F2N2O3/c12-7-1-2-8(14-5-7)9(16)15-4-3-11(13,6-15)10(17)18/h1-2,5H,3-4,6H2,(H,17,18). The number of hydrogen-bond donors (Lipinski definition) is 1. The monoisotopic (exact) mass is 256 g/mol. The van der Waals surface area contributed by atoms with E-state index in [4.69, 9.17) is 5.11 Å². The van der Waals surface area contributed by atoms with Crippen molar-refractivity contribution in [2.24, 2.45) is 0 Å². The molecule has 7 heteroatoms. The van der Waals surface area contributed by atoms with Crippen LogP contribution in [-0.2, 0) is 4.79 Å². The fraction of sp³-hybridized carbons (Fsp3) is 0.364. The first-order chi connectivity index (χ1) is 8.42. The minimum Gasteiger partial charge on any atom is -0.479 e. The summed E-state index contributed by atoms with van der Waals surface area (Å²) in [7, 11) is 0. The van der Waals surface area contributed by atoms with Crippen LogP contribution < -0.4 is 0 Å². The molecule has 1 aromatic rings. The van der Waals surface area contributed by atoms with E-state index in [0.717, 1.165) is 17.2 Å². The van der Waals surface area contributed by atoms with Gasteiger partial charge in [-0.1, -0.05) is 0 Å². The second-order valence-corrected chi connectivity index (χ2v) is 4.11. The van der Waals surface area contributed by atoms with Crippen molar-refractivity contribution in [3.63, 3.8) is 0 Å². The summed E-state index contributed by atoms with van der Waals surface area (Å²) in [6.45, 7) is -0.513. The van der Waals surface area contributed by atoms with Gasteiger partial charge in [0.05, 0.1) is 12.7 Å². The van der Waals surface area contributed by atoms with E-state index in [1.54, 1.807) is 0 Å². The molecular formula is C11H10F2N2O3. The number of carbonyl (C=O) groups is 2. The number of rotatable bonds is 2. The van der Waals surface area contributed by atoms with Gasteiger partial charge in [0.25, 0.3) is 5.91 Å². The fourth-order valence-corrected chi connectivity index (χ4v) is 1.79. The number of carboxylic acids is 1. The van der Waals surface area contributed by atoms with Gasteiger partial charge in [0.1, 0.15) is 11.5 Å². The van der Waals surface area contributed by atoms with Crippen LogP contribution in [0.5, 0.6) is 0 Å². The van der Waals surface area contributed by atoms with Crippen molar-refractivity contribution in [3.8, 4) is 0 Å². The Morgan fingerprint density at radius 3 is 2.67 bits per heavy atom. The largest absolute Gasteiger partial charge is 0.479 e. The molecule has 0 aliphatic carbocycles. The van der Waals surface area contributed by atoms with Crippen LogP contribution in [0.3, 0.4) is 0 Å². The van der Waals surface area contributed by atoms with Gasteiger partial charge >= 0.3 is 5.97 Å². The van der Waals surface area contributed by atoms with Gasteiger partial charge in [-0.2, -0.15) is 0 Å². The molecule has 96 valence electrons. The van der Waals surface area contributed by atoms with Crippen LogP contribution in [0, 0.1) is 5.82 Å². The summed E-state index contributed by atoms with van der Waals surface area (Å²) >= 11 is 0. The van der Waals surface area contributed by atoms with Gasteiger partial charge < -0.3 is 10.0 Å². The molecule has 1 atom stereocenters. The zero-order valence-electron chi connectivity index (χ0n) is 9.27. The summed E-state index contributed by atoms with van der Waals surface area (Å²) in [5.41, 5.74) is -2.44. The molecule has 1 unspecified atom stereocenters. The number of amides is 1. The van der Waals surface area contributed by atoms with Crippen LogP contribution in [0.2, 0.25) is 0 Å². The first-order valence-corrected chi connectivity index (χ1v) is 5.25. The summed E-state index contributed by atoms with van der Waals surface area (Å²) in [5, 5.41) is 8.70. The average Bonchev–Trinajstić information content (AvgIpc) is 2.73. The Morgan fingerprint density at radius 2 is 2.17 bits per heavy atom. The van der Waals surface area contributed by atoms with E-state index in [0.29, 0.717) is 0 Å². The number of halogens is 2. The first kappa shape index (κ1) is 12.4. The zero-order valence-corrected chi connectivity index (χ0v) is 9.27. The van der Waals surface area contributed by atoms with E-state index < -0.39 is 29.9 Å². The third-order valence-electron chi connectivity index (χ3n) is 2.84.